The topological polar surface area (TPSA) is 85.7 Å². The Morgan fingerprint density at radius 3 is 2.37 bits per heavy atom. The van der Waals surface area contributed by atoms with Gasteiger partial charge in [0, 0.05) is 38.1 Å². The van der Waals surface area contributed by atoms with E-state index in [0.717, 1.165) is 5.56 Å². The molecular formula is C20H26N4O3. The predicted octanol–water partition coefficient (Wildman–Crippen LogP) is 2.89. The van der Waals surface area contributed by atoms with Gasteiger partial charge in [0.25, 0.3) is 5.91 Å². The monoisotopic (exact) mass is 370 g/mol. The highest BCUT2D eigenvalue weighted by Crippen LogP contribution is 2.15. The van der Waals surface area contributed by atoms with E-state index in [2.05, 4.69) is 5.32 Å². The summed E-state index contributed by atoms with van der Waals surface area (Å²) in [7, 11) is 0. The molecule has 0 saturated carbocycles. The van der Waals surface area contributed by atoms with E-state index in [1.165, 1.54) is 0 Å². The molecule has 1 aliphatic rings. The largest absolute Gasteiger partial charge is 0.444 e. The Bertz CT molecular complexity index is 766. The second kappa shape index (κ2) is 8.58. The number of para-hydroxylation sites is 1. The van der Waals surface area contributed by atoms with Crippen LogP contribution >= 0.6 is 0 Å². The molecule has 1 aromatic carbocycles. The van der Waals surface area contributed by atoms with E-state index in [1.807, 2.05) is 56.9 Å². The van der Waals surface area contributed by atoms with Crippen molar-refractivity contribution in [2.45, 2.75) is 33.3 Å². The minimum Gasteiger partial charge on any atom is -0.444 e. The van der Waals surface area contributed by atoms with Gasteiger partial charge in [-0.1, -0.05) is 18.2 Å². The Labute approximate surface area is 160 Å². The van der Waals surface area contributed by atoms with E-state index < -0.39 is 11.5 Å². The van der Waals surface area contributed by atoms with E-state index in [1.54, 1.807) is 17.2 Å². The number of hydrogen-bond donors (Lipinski definition) is 1. The lowest BCUT2D eigenvalue weighted by Gasteiger charge is -2.35. The molecule has 2 amide bonds. The summed E-state index contributed by atoms with van der Waals surface area (Å²) in [4.78, 5) is 28.0. The molecule has 0 radical (unpaired) electrons. The molecular weight excluding hydrogens is 344 g/mol. The summed E-state index contributed by atoms with van der Waals surface area (Å²) >= 11 is 0. The van der Waals surface area contributed by atoms with E-state index in [-0.39, 0.29) is 11.7 Å². The van der Waals surface area contributed by atoms with Gasteiger partial charge in [0.2, 0.25) is 0 Å². The summed E-state index contributed by atoms with van der Waals surface area (Å²) in [6, 6.07) is 9.35. The Balaban J connectivity index is 1.95. The molecule has 1 fully saturated rings. The molecule has 1 aromatic rings. The van der Waals surface area contributed by atoms with Crippen molar-refractivity contribution in [1.82, 2.24) is 9.80 Å². The van der Waals surface area contributed by atoms with Gasteiger partial charge in [0.15, 0.2) is 0 Å². The predicted molar refractivity (Wildman–Crippen MR) is 103 cm³/mol. The van der Waals surface area contributed by atoms with Gasteiger partial charge in [-0.05, 0) is 39.3 Å². The lowest BCUT2D eigenvalue weighted by molar-refractivity contribution is -0.112. The lowest BCUT2D eigenvalue weighted by Crippen LogP contribution is -2.48. The van der Waals surface area contributed by atoms with Gasteiger partial charge < -0.3 is 19.9 Å². The number of aryl methyl sites for hydroxylation is 1. The molecule has 0 bridgehead atoms. The zero-order valence-electron chi connectivity index (χ0n) is 16.3. The van der Waals surface area contributed by atoms with Crippen LogP contribution in [0.5, 0.6) is 0 Å². The normalized spacial score (nSPS) is 15.1. The Hall–Kier alpha value is -3.01. The molecule has 1 saturated heterocycles. The van der Waals surface area contributed by atoms with Crippen molar-refractivity contribution >= 4 is 17.7 Å². The molecule has 1 aliphatic heterocycles. The molecule has 1 heterocycles. The Morgan fingerprint density at radius 2 is 1.81 bits per heavy atom. The summed E-state index contributed by atoms with van der Waals surface area (Å²) in [5, 5.41) is 12.1. The number of nitrogens with zero attached hydrogens (tertiary/aromatic N) is 3. The first-order chi connectivity index (χ1) is 12.7. The number of benzene rings is 1. The van der Waals surface area contributed by atoms with Gasteiger partial charge >= 0.3 is 6.09 Å². The highest BCUT2D eigenvalue weighted by molar-refractivity contribution is 6.06. The number of piperazine rings is 1. The first kappa shape index (κ1) is 20.3. The second-order valence-electron chi connectivity index (χ2n) is 7.43. The number of ether oxygens (including phenoxy) is 1. The van der Waals surface area contributed by atoms with Gasteiger partial charge in [0.05, 0.1) is 0 Å². The van der Waals surface area contributed by atoms with Crippen LogP contribution in [0.25, 0.3) is 0 Å². The molecule has 144 valence electrons. The fourth-order valence-corrected chi connectivity index (χ4v) is 2.58. The standard InChI is InChI=1S/C20H26N4O3/c1-15-7-5-6-8-17(15)22-18(25)16(13-21)14-23-9-11-24(12-10-23)19(26)27-20(2,3)4/h5-8,14H,9-12H2,1-4H3,(H,22,25)/b16-14-. The molecule has 7 nitrogen and oxygen atoms in total. The minimum absolute atomic E-state index is 0.0315. The van der Waals surface area contributed by atoms with Crippen LogP contribution in [0.4, 0.5) is 10.5 Å². The smallest absolute Gasteiger partial charge is 0.410 e. The SMILES string of the molecule is Cc1ccccc1NC(=O)/C(C#N)=C\N1CCN(C(=O)OC(C)(C)C)CC1. The Kier molecular flexibility index (Phi) is 6.45. The molecule has 0 aliphatic carbocycles. The summed E-state index contributed by atoms with van der Waals surface area (Å²) < 4.78 is 5.37. The van der Waals surface area contributed by atoms with Crippen molar-refractivity contribution in [3.05, 3.63) is 41.6 Å². The summed E-state index contributed by atoms with van der Waals surface area (Å²) in [5.41, 5.74) is 1.10. The molecule has 0 spiro atoms. The van der Waals surface area contributed by atoms with Crippen molar-refractivity contribution in [3.63, 3.8) is 0 Å². The van der Waals surface area contributed by atoms with Crippen molar-refractivity contribution in [2.24, 2.45) is 0 Å². The maximum atomic E-state index is 12.4. The molecule has 0 unspecified atom stereocenters. The highest BCUT2D eigenvalue weighted by atomic mass is 16.6. The van der Waals surface area contributed by atoms with Crippen molar-refractivity contribution in [3.8, 4) is 6.07 Å². The van der Waals surface area contributed by atoms with Crippen LogP contribution in [0.2, 0.25) is 0 Å². The summed E-state index contributed by atoms with van der Waals surface area (Å²) in [6.45, 7) is 9.39. The van der Waals surface area contributed by atoms with Crippen LogP contribution in [-0.2, 0) is 9.53 Å². The summed E-state index contributed by atoms with van der Waals surface area (Å²) in [6.07, 6.45) is 1.21. The first-order valence-electron chi connectivity index (χ1n) is 8.90. The number of hydrogen-bond acceptors (Lipinski definition) is 5. The highest BCUT2D eigenvalue weighted by Gasteiger charge is 2.25. The fourth-order valence-electron chi connectivity index (χ4n) is 2.58. The number of anilines is 1. The molecule has 0 atom stereocenters. The minimum atomic E-state index is -0.532. The first-order valence-corrected chi connectivity index (χ1v) is 8.90. The van der Waals surface area contributed by atoms with E-state index >= 15 is 0 Å². The van der Waals surface area contributed by atoms with Gasteiger partial charge in [-0.3, -0.25) is 4.79 Å². The lowest BCUT2D eigenvalue weighted by atomic mass is 10.2. The van der Waals surface area contributed by atoms with Gasteiger partial charge in [-0.15, -0.1) is 0 Å². The molecule has 7 heteroatoms. The van der Waals surface area contributed by atoms with E-state index in [0.29, 0.717) is 31.9 Å². The third-order valence-electron chi connectivity index (χ3n) is 4.04. The molecule has 0 aromatic heterocycles. The van der Waals surface area contributed by atoms with Crippen LogP contribution in [0.15, 0.2) is 36.0 Å². The fraction of sp³-hybridized carbons (Fsp3) is 0.450. The van der Waals surface area contributed by atoms with Crippen molar-refractivity contribution < 1.29 is 14.3 Å². The number of carbonyl (C=O) groups is 2. The zero-order valence-corrected chi connectivity index (χ0v) is 16.3. The van der Waals surface area contributed by atoms with Crippen LogP contribution in [0.3, 0.4) is 0 Å². The van der Waals surface area contributed by atoms with Crippen molar-refractivity contribution in [2.75, 3.05) is 31.5 Å². The quantitative estimate of drug-likeness (QED) is 0.653. The van der Waals surface area contributed by atoms with Crippen LogP contribution in [0, 0.1) is 18.3 Å². The number of carbonyl (C=O) groups excluding carboxylic acids is 2. The third kappa shape index (κ3) is 6.03. The molecule has 27 heavy (non-hydrogen) atoms. The number of amides is 2. The zero-order chi connectivity index (χ0) is 20.0. The summed E-state index contributed by atoms with van der Waals surface area (Å²) in [5.74, 6) is -0.443. The van der Waals surface area contributed by atoms with E-state index in [4.69, 9.17) is 4.74 Å². The average molecular weight is 370 g/mol. The van der Waals surface area contributed by atoms with Crippen LogP contribution < -0.4 is 5.32 Å². The van der Waals surface area contributed by atoms with Crippen LogP contribution in [-0.4, -0.2) is 53.6 Å². The maximum Gasteiger partial charge on any atom is 0.410 e. The number of rotatable bonds is 3. The second-order valence-corrected chi connectivity index (χ2v) is 7.43. The molecule has 2 rings (SSSR count). The number of nitriles is 1. The van der Waals surface area contributed by atoms with Crippen LogP contribution in [0.1, 0.15) is 26.3 Å². The van der Waals surface area contributed by atoms with Gasteiger partial charge in [0.1, 0.15) is 17.2 Å². The molecule has 1 N–H and O–H groups in total. The van der Waals surface area contributed by atoms with Crippen molar-refractivity contribution in [1.29, 1.82) is 5.26 Å². The third-order valence-corrected chi connectivity index (χ3v) is 4.04. The van der Waals surface area contributed by atoms with E-state index in [9.17, 15) is 14.9 Å². The maximum absolute atomic E-state index is 12.4. The van der Waals surface area contributed by atoms with Gasteiger partial charge in [-0.25, -0.2) is 4.79 Å². The number of nitrogens with one attached hydrogen (secondary N) is 1. The Morgan fingerprint density at radius 1 is 1.19 bits per heavy atom. The average Bonchev–Trinajstić information content (AvgIpc) is 2.60. The van der Waals surface area contributed by atoms with Gasteiger partial charge in [-0.2, -0.15) is 5.26 Å².